The minimum absolute atomic E-state index is 0.165. The number of amides is 1. The average Bonchev–Trinajstić information content (AvgIpc) is 3.30. The van der Waals surface area contributed by atoms with Crippen LogP contribution in [0.2, 0.25) is 0 Å². The zero-order valence-electron chi connectivity index (χ0n) is 18.9. The summed E-state index contributed by atoms with van der Waals surface area (Å²) in [6, 6.07) is 14.5. The van der Waals surface area contributed by atoms with Crippen LogP contribution in [-0.2, 0) is 9.53 Å². The molecule has 0 radical (unpaired) electrons. The molecule has 2 aromatic heterocycles. The Bertz CT molecular complexity index is 1300. The molecule has 2 heterocycles. The molecule has 4 rings (SSSR count). The van der Waals surface area contributed by atoms with Crippen molar-refractivity contribution >= 4 is 50.9 Å². The van der Waals surface area contributed by atoms with Crippen LogP contribution in [0.1, 0.15) is 24.2 Å². The number of nitrogens with zero attached hydrogens (tertiary/aromatic N) is 2. The first-order valence-electron chi connectivity index (χ1n) is 10.6. The van der Waals surface area contributed by atoms with Crippen molar-refractivity contribution in [3.05, 3.63) is 65.8 Å². The van der Waals surface area contributed by atoms with E-state index < -0.39 is 5.25 Å². The maximum Gasteiger partial charge on any atom is 0.338 e. The Hall–Kier alpha value is -3.43. The van der Waals surface area contributed by atoms with E-state index in [9.17, 15) is 9.59 Å². The van der Waals surface area contributed by atoms with Crippen molar-refractivity contribution in [1.29, 1.82) is 0 Å². The molecule has 1 atom stereocenters. The molecule has 174 valence electrons. The number of aromatic nitrogens is 2. The van der Waals surface area contributed by atoms with Gasteiger partial charge in [0.25, 0.3) is 0 Å². The lowest BCUT2D eigenvalue weighted by Crippen LogP contribution is -2.22. The second kappa shape index (κ2) is 10.7. The maximum atomic E-state index is 12.9. The van der Waals surface area contributed by atoms with Crippen molar-refractivity contribution in [2.45, 2.75) is 24.1 Å². The normalized spacial score (nSPS) is 11.7. The van der Waals surface area contributed by atoms with Crippen LogP contribution in [0.25, 0.3) is 21.3 Å². The van der Waals surface area contributed by atoms with Gasteiger partial charge in [-0.05, 0) is 55.8 Å². The smallest absolute Gasteiger partial charge is 0.338 e. The number of rotatable bonds is 8. The molecule has 0 fully saturated rings. The first-order chi connectivity index (χ1) is 16.5. The van der Waals surface area contributed by atoms with Crippen LogP contribution in [0.3, 0.4) is 0 Å². The fraction of sp³-hybridized carbons (Fsp3) is 0.200. The lowest BCUT2D eigenvalue weighted by Gasteiger charge is -2.13. The number of carbonyl (C=O) groups is 2. The molecule has 1 unspecified atom stereocenters. The van der Waals surface area contributed by atoms with E-state index in [1.165, 1.54) is 18.1 Å². The summed E-state index contributed by atoms with van der Waals surface area (Å²) in [5, 5.41) is 6.22. The van der Waals surface area contributed by atoms with E-state index in [0.717, 1.165) is 32.1 Å². The number of fused-ring (bicyclic) bond motifs is 1. The van der Waals surface area contributed by atoms with Crippen molar-refractivity contribution in [1.82, 2.24) is 9.97 Å². The van der Waals surface area contributed by atoms with Crippen molar-refractivity contribution < 1.29 is 19.1 Å². The van der Waals surface area contributed by atoms with Gasteiger partial charge in [-0.25, -0.2) is 14.8 Å². The number of hydrogen-bond donors (Lipinski definition) is 1. The molecule has 0 aliphatic carbocycles. The number of carbonyl (C=O) groups excluding carboxylic acids is 2. The molecule has 0 spiro atoms. The lowest BCUT2D eigenvalue weighted by molar-refractivity contribution is -0.115. The summed E-state index contributed by atoms with van der Waals surface area (Å²) < 4.78 is 10.2. The molecule has 1 N–H and O–H groups in total. The molecule has 7 nitrogen and oxygen atoms in total. The first-order valence-corrected chi connectivity index (χ1v) is 12.4. The highest BCUT2D eigenvalue weighted by Crippen LogP contribution is 2.39. The van der Waals surface area contributed by atoms with Gasteiger partial charge in [0.05, 0.1) is 29.9 Å². The standard InChI is InChI=1S/C25H23N3O4S2/c1-4-32-25(30)17-5-9-18(10-6-17)28-22(29)15(2)34-24-21-20(13-33-23(21)26-14-27-24)16-7-11-19(31-3)12-8-16/h5-15H,4H2,1-3H3,(H,28,29). The highest BCUT2D eigenvalue weighted by atomic mass is 32.2. The summed E-state index contributed by atoms with van der Waals surface area (Å²) in [6.07, 6.45) is 1.53. The Labute approximate surface area is 205 Å². The minimum Gasteiger partial charge on any atom is -0.497 e. The monoisotopic (exact) mass is 493 g/mol. The number of nitrogens with one attached hydrogen (secondary N) is 1. The predicted octanol–water partition coefficient (Wildman–Crippen LogP) is 5.66. The summed E-state index contributed by atoms with van der Waals surface area (Å²) in [7, 11) is 1.64. The summed E-state index contributed by atoms with van der Waals surface area (Å²) in [5.41, 5.74) is 3.09. The van der Waals surface area contributed by atoms with Crippen molar-refractivity contribution in [3.8, 4) is 16.9 Å². The number of esters is 1. The second-order valence-electron chi connectivity index (χ2n) is 7.28. The Morgan fingerprint density at radius 3 is 2.50 bits per heavy atom. The van der Waals surface area contributed by atoms with E-state index >= 15 is 0 Å². The van der Waals surface area contributed by atoms with E-state index in [1.54, 1.807) is 49.6 Å². The zero-order chi connectivity index (χ0) is 24.1. The number of ether oxygens (including phenoxy) is 2. The molecule has 0 bridgehead atoms. The molecule has 0 aliphatic rings. The topological polar surface area (TPSA) is 90.4 Å². The molecular formula is C25H23N3O4S2. The van der Waals surface area contributed by atoms with Crippen LogP contribution in [0.5, 0.6) is 5.75 Å². The number of hydrogen-bond acceptors (Lipinski definition) is 8. The van der Waals surface area contributed by atoms with E-state index in [4.69, 9.17) is 9.47 Å². The van der Waals surface area contributed by atoms with Crippen molar-refractivity contribution in [2.24, 2.45) is 0 Å². The van der Waals surface area contributed by atoms with Gasteiger partial charge in [0.2, 0.25) is 5.91 Å². The number of thioether (sulfide) groups is 1. The number of methoxy groups -OCH3 is 1. The highest BCUT2D eigenvalue weighted by molar-refractivity contribution is 8.00. The van der Waals surface area contributed by atoms with Crippen molar-refractivity contribution in [3.63, 3.8) is 0 Å². The number of benzene rings is 2. The van der Waals surface area contributed by atoms with Gasteiger partial charge in [-0.2, -0.15) is 0 Å². The lowest BCUT2D eigenvalue weighted by atomic mass is 10.1. The van der Waals surface area contributed by atoms with Crippen LogP contribution in [0.15, 0.2) is 65.3 Å². The van der Waals surface area contributed by atoms with Gasteiger partial charge in [-0.3, -0.25) is 4.79 Å². The fourth-order valence-corrected chi connectivity index (χ4v) is 5.20. The van der Waals surface area contributed by atoms with Gasteiger partial charge in [0, 0.05) is 16.6 Å². The third-order valence-corrected chi connectivity index (χ3v) is 7.04. The van der Waals surface area contributed by atoms with E-state index in [2.05, 4.69) is 20.7 Å². The van der Waals surface area contributed by atoms with E-state index in [0.29, 0.717) is 17.9 Å². The molecular weight excluding hydrogens is 470 g/mol. The largest absolute Gasteiger partial charge is 0.497 e. The molecule has 2 aromatic carbocycles. The summed E-state index contributed by atoms with van der Waals surface area (Å²) >= 11 is 2.92. The molecule has 0 aliphatic heterocycles. The zero-order valence-corrected chi connectivity index (χ0v) is 20.5. The summed E-state index contributed by atoms with van der Waals surface area (Å²) in [5.74, 6) is 0.233. The predicted molar refractivity (Wildman–Crippen MR) is 136 cm³/mol. The fourth-order valence-electron chi connectivity index (χ4n) is 3.29. The first kappa shape index (κ1) is 23.7. The number of anilines is 1. The van der Waals surface area contributed by atoms with Crippen LogP contribution in [-0.4, -0.2) is 40.8 Å². The highest BCUT2D eigenvalue weighted by Gasteiger charge is 2.20. The SMILES string of the molecule is CCOC(=O)c1ccc(NC(=O)C(C)Sc2ncnc3scc(-c4ccc(OC)cc4)c23)cc1. The number of thiophene rings is 1. The van der Waals surface area contributed by atoms with Gasteiger partial charge in [0.15, 0.2) is 0 Å². The second-order valence-corrected chi connectivity index (χ2v) is 9.47. The van der Waals surface area contributed by atoms with Gasteiger partial charge < -0.3 is 14.8 Å². The van der Waals surface area contributed by atoms with Gasteiger partial charge >= 0.3 is 5.97 Å². The summed E-state index contributed by atoms with van der Waals surface area (Å²) in [6.45, 7) is 3.90. The third-order valence-electron chi connectivity index (χ3n) is 5.06. The molecule has 0 saturated carbocycles. The minimum atomic E-state index is -0.411. The molecule has 1 amide bonds. The Balaban J connectivity index is 1.51. The van der Waals surface area contributed by atoms with Crippen LogP contribution >= 0.6 is 23.1 Å². The summed E-state index contributed by atoms with van der Waals surface area (Å²) in [4.78, 5) is 34.4. The van der Waals surface area contributed by atoms with Crippen LogP contribution in [0, 0.1) is 0 Å². The molecule has 4 aromatic rings. The van der Waals surface area contributed by atoms with Crippen LogP contribution < -0.4 is 10.1 Å². The van der Waals surface area contributed by atoms with E-state index in [1.807, 2.05) is 31.2 Å². The quantitative estimate of drug-likeness (QED) is 0.192. The molecule has 34 heavy (non-hydrogen) atoms. The maximum absolute atomic E-state index is 12.9. The van der Waals surface area contributed by atoms with Gasteiger partial charge in [0.1, 0.15) is 21.9 Å². The third kappa shape index (κ3) is 5.21. The molecule has 0 saturated heterocycles. The van der Waals surface area contributed by atoms with E-state index in [-0.39, 0.29) is 11.9 Å². The molecule has 9 heteroatoms. The Morgan fingerprint density at radius 1 is 1.09 bits per heavy atom. The van der Waals surface area contributed by atoms with Gasteiger partial charge in [-0.1, -0.05) is 23.9 Å². The Morgan fingerprint density at radius 2 is 1.82 bits per heavy atom. The average molecular weight is 494 g/mol. The Kier molecular flexibility index (Phi) is 7.44. The van der Waals surface area contributed by atoms with Crippen molar-refractivity contribution in [2.75, 3.05) is 19.0 Å². The van der Waals surface area contributed by atoms with Crippen LogP contribution in [0.4, 0.5) is 5.69 Å². The van der Waals surface area contributed by atoms with Gasteiger partial charge in [-0.15, -0.1) is 11.3 Å².